The summed E-state index contributed by atoms with van der Waals surface area (Å²) < 4.78 is 12.3. The topological polar surface area (TPSA) is 33.7 Å². The summed E-state index contributed by atoms with van der Waals surface area (Å²) in [5.41, 5.74) is 1.11. The van der Waals surface area contributed by atoms with Crippen LogP contribution in [0.25, 0.3) is 0 Å². The third-order valence-corrected chi connectivity index (χ3v) is 4.92. The standard InChI is InChI=1S/C16H23BrN2O2/c1-2-19-6-3-4-12(5-7-19)18-14-11-16-15(10-13(14)17)20-8-9-21-16/h10-12,18H,2-9H2,1H3. The van der Waals surface area contributed by atoms with Gasteiger partial charge in [-0.2, -0.15) is 0 Å². The Kier molecular flexibility index (Phi) is 4.91. The fraction of sp³-hybridized carbons (Fsp3) is 0.625. The van der Waals surface area contributed by atoms with E-state index in [0.29, 0.717) is 19.3 Å². The Bertz CT molecular complexity index is 495. The second-order valence-corrected chi connectivity index (χ2v) is 6.54. The molecule has 0 amide bonds. The lowest BCUT2D eigenvalue weighted by Gasteiger charge is -2.23. The van der Waals surface area contributed by atoms with Gasteiger partial charge in [-0.3, -0.25) is 0 Å². The molecule has 0 aromatic heterocycles. The maximum atomic E-state index is 5.67. The van der Waals surface area contributed by atoms with Gasteiger partial charge in [0, 0.05) is 29.2 Å². The lowest BCUT2D eigenvalue weighted by atomic mass is 10.1. The van der Waals surface area contributed by atoms with Gasteiger partial charge in [0.1, 0.15) is 13.2 Å². The third-order valence-electron chi connectivity index (χ3n) is 4.26. The molecule has 1 unspecified atom stereocenters. The van der Waals surface area contributed by atoms with Crippen molar-refractivity contribution in [2.45, 2.75) is 32.2 Å². The number of ether oxygens (including phenoxy) is 2. The summed E-state index contributed by atoms with van der Waals surface area (Å²) in [4.78, 5) is 2.53. The van der Waals surface area contributed by atoms with Crippen LogP contribution in [-0.2, 0) is 0 Å². The van der Waals surface area contributed by atoms with Crippen molar-refractivity contribution in [2.75, 3.05) is 38.2 Å². The molecule has 5 heteroatoms. The molecule has 0 radical (unpaired) electrons. The van der Waals surface area contributed by atoms with Crippen molar-refractivity contribution >= 4 is 21.6 Å². The molecule has 1 aromatic rings. The largest absolute Gasteiger partial charge is 0.486 e. The van der Waals surface area contributed by atoms with Crippen molar-refractivity contribution in [3.8, 4) is 11.5 Å². The average Bonchev–Trinajstić information content (AvgIpc) is 2.73. The van der Waals surface area contributed by atoms with Crippen LogP contribution in [0.3, 0.4) is 0 Å². The van der Waals surface area contributed by atoms with E-state index < -0.39 is 0 Å². The van der Waals surface area contributed by atoms with E-state index in [1.54, 1.807) is 0 Å². The minimum absolute atomic E-state index is 0.528. The predicted molar refractivity (Wildman–Crippen MR) is 88.5 cm³/mol. The molecule has 2 aliphatic heterocycles. The van der Waals surface area contributed by atoms with Crippen LogP contribution in [0.5, 0.6) is 11.5 Å². The van der Waals surface area contributed by atoms with Gasteiger partial charge in [-0.05, 0) is 48.3 Å². The Hall–Kier alpha value is -0.940. The number of benzene rings is 1. The van der Waals surface area contributed by atoms with Gasteiger partial charge in [0.25, 0.3) is 0 Å². The molecular weight excluding hydrogens is 332 g/mol. The summed E-state index contributed by atoms with van der Waals surface area (Å²) in [5.74, 6) is 1.67. The smallest absolute Gasteiger partial charge is 0.163 e. The second kappa shape index (κ2) is 6.88. The normalized spacial score (nSPS) is 22.7. The van der Waals surface area contributed by atoms with Crippen LogP contribution in [0.15, 0.2) is 16.6 Å². The molecule has 0 aliphatic carbocycles. The zero-order chi connectivity index (χ0) is 14.7. The Morgan fingerprint density at radius 2 is 1.95 bits per heavy atom. The summed E-state index contributed by atoms with van der Waals surface area (Å²) in [6.07, 6.45) is 3.67. The molecule has 4 nitrogen and oxygen atoms in total. The van der Waals surface area contributed by atoms with Gasteiger partial charge in [0.15, 0.2) is 11.5 Å². The van der Waals surface area contributed by atoms with Gasteiger partial charge >= 0.3 is 0 Å². The molecule has 116 valence electrons. The van der Waals surface area contributed by atoms with Crippen LogP contribution in [0.1, 0.15) is 26.2 Å². The number of nitrogens with one attached hydrogen (secondary N) is 1. The Morgan fingerprint density at radius 1 is 1.19 bits per heavy atom. The number of halogens is 1. The van der Waals surface area contributed by atoms with Crippen molar-refractivity contribution in [3.05, 3.63) is 16.6 Å². The van der Waals surface area contributed by atoms with E-state index in [9.17, 15) is 0 Å². The number of fused-ring (bicyclic) bond motifs is 1. The van der Waals surface area contributed by atoms with Gasteiger partial charge in [0.05, 0.1) is 5.69 Å². The zero-order valence-corrected chi connectivity index (χ0v) is 14.1. The Balaban J connectivity index is 1.69. The fourth-order valence-electron chi connectivity index (χ4n) is 3.01. The molecule has 1 aromatic carbocycles. The summed E-state index contributed by atoms with van der Waals surface area (Å²) in [6, 6.07) is 4.59. The van der Waals surface area contributed by atoms with E-state index in [0.717, 1.165) is 28.2 Å². The fourth-order valence-corrected chi connectivity index (χ4v) is 3.45. The molecule has 1 N–H and O–H groups in total. The number of hydrogen-bond acceptors (Lipinski definition) is 4. The lowest BCUT2D eigenvalue weighted by molar-refractivity contribution is 0.171. The maximum Gasteiger partial charge on any atom is 0.163 e. The van der Waals surface area contributed by atoms with E-state index in [1.807, 2.05) is 6.07 Å². The monoisotopic (exact) mass is 354 g/mol. The molecule has 21 heavy (non-hydrogen) atoms. The molecule has 0 bridgehead atoms. The number of likely N-dealkylation sites (tertiary alicyclic amines) is 1. The van der Waals surface area contributed by atoms with Crippen LogP contribution >= 0.6 is 15.9 Å². The van der Waals surface area contributed by atoms with Crippen LogP contribution in [0.2, 0.25) is 0 Å². The first-order valence-electron chi connectivity index (χ1n) is 7.84. The minimum Gasteiger partial charge on any atom is -0.486 e. The Morgan fingerprint density at radius 3 is 2.71 bits per heavy atom. The summed E-state index contributed by atoms with van der Waals surface area (Å²) >= 11 is 3.64. The van der Waals surface area contributed by atoms with Crippen LogP contribution < -0.4 is 14.8 Å². The molecule has 0 saturated carbocycles. The Labute approximate surface area is 134 Å². The van der Waals surface area contributed by atoms with Crippen LogP contribution in [0, 0.1) is 0 Å². The molecule has 2 aliphatic rings. The van der Waals surface area contributed by atoms with Crippen molar-refractivity contribution in [1.29, 1.82) is 0 Å². The van der Waals surface area contributed by atoms with Crippen molar-refractivity contribution in [3.63, 3.8) is 0 Å². The zero-order valence-electron chi connectivity index (χ0n) is 12.5. The van der Waals surface area contributed by atoms with Crippen molar-refractivity contribution < 1.29 is 9.47 Å². The molecule has 1 fully saturated rings. The van der Waals surface area contributed by atoms with Crippen molar-refractivity contribution in [2.24, 2.45) is 0 Å². The molecule has 3 rings (SSSR count). The summed E-state index contributed by atoms with van der Waals surface area (Å²) in [7, 11) is 0. The first-order valence-corrected chi connectivity index (χ1v) is 8.63. The highest BCUT2D eigenvalue weighted by Gasteiger charge is 2.19. The van der Waals surface area contributed by atoms with E-state index >= 15 is 0 Å². The average molecular weight is 355 g/mol. The number of anilines is 1. The van der Waals surface area contributed by atoms with E-state index in [2.05, 4.69) is 39.1 Å². The van der Waals surface area contributed by atoms with Gasteiger partial charge in [-0.25, -0.2) is 0 Å². The highest BCUT2D eigenvalue weighted by Crippen LogP contribution is 2.38. The highest BCUT2D eigenvalue weighted by molar-refractivity contribution is 9.10. The second-order valence-electron chi connectivity index (χ2n) is 5.68. The van der Waals surface area contributed by atoms with E-state index in [4.69, 9.17) is 9.47 Å². The van der Waals surface area contributed by atoms with Crippen molar-refractivity contribution in [1.82, 2.24) is 4.90 Å². The minimum atomic E-state index is 0.528. The molecule has 1 saturated heterocycles. The van der Waals surface area contributed by atoms with Crippen LogP contribution in [-0.4, -0.2) is 43.8 Å². The first-order chi connectivity index (χ1) is 10.3. The third kappa shape index (κ3) is 3.64. The first kappa shape index (κ1) is 15.0. The number of hydrogen-bond donors (Lipinski definition) is 1. The van der Waals surface area contributed by atoms with Crippen LogP contribution in [0.4, 0.5) is 5.69 Å². The van der Waals surface area contributed by atoms with Gasteiger partial charge in [-0.15, -0.1) is 0 Å². The van der Waals surface area contributed by atoms with Gasteiger partial charge in [0.2, 0.25) is 0 Å². The SMILES string of the molecule is CCN1CCCC(Nc2cc3c(cc2Br)OCCO3)CC1. The quantitative estimate of drug-likeness (QED) is 0.900. The van der Waals surface area contributed by atoms with E-state index in [1.165, 1.54) is 32.4 Å². The van der Waals surface area contributed by atoms with Gasteiger partial charge in [-0.1, -0.05) is 6.92 Å². The molecule has 2 heterocycles. The molecule has 1 atom stereocenters. The maximum absolute atomic E-state index is 5.67. The van der Waals surface area contributed by atoms with E-state index in [-0.39, 0.29) is 0 Å². The number of rotatable bonds is 3. The summed E-state index contributed by atoms with van der Waals surface area (Å²) in [6.45, 7) is 7.05. The van der Waals surface area contributed by atoms with Gasteiger partial charge < -0.3 is 19.7 Å². The lowest BCUT2D eigenvalue weighted by Crippen LogP contribution is -2.26. The number of nitrogens with zero attached hydrogens (tertiary/aromatic N) is 1. The predicted octanol–water partition coefficient (Wildman–Crippen LogP) is 3.51. The molecular formula is C16H23BrN2O2. The summed E-state index contributed by atoms with van der Waals surface area (Å²) in [5, 5.41) is 3.67. The highest BCUT2D eigenvalue weighted by atomic mass is 79.9. The molecule has 0 spiro atoms.